The van der Waals surface area contributed by atoms with E-state index in [2.05, 4.69) is 9.72 Å². The molecule has 1 aliphatic rings. The summed E-state index contributed by atoms with van der Waals surface area (Å²) >= 11 is 0. The van der Waals surface area contributed by atoms with E-state index in [1.54, 1.807) is 4.90 Å². The first-order valence-corrected chi connectivity index (χ1v) is 6.54. The molecule has 2 heterocycles. The van der Waals surface area contributed by atoms with Gasteiger partial charge in [-0.25, -0.2) is 4.98 Å². The summed E-state index contributed by atoms with van der Waals surface area (Å²) in [5.41, 5.74) is 5.89. The fraction of sp³-hybridized carbons (Fsp3) is 0.538. The number of carbonyl (C=O) groups is 1. The number of pyridine rings is 1. The molecule has 1 fully saturated rings. The third-order valence-corrected chi connectivity index (χ3v) is 3.27. The number of carbonyl (C=O) groups excluding carboxylic acids is 1. The van der Waals surface area contributed by atoms with Crippen LogP contribution in [0.25, 0.3) is 0 Å². The molecule has 9 heteroatoms. The molecule has 0 radical (unpaired) electrons. The monoisotopic (exact) mass is 339 g/mol. The van der Waals surface area contributed by atoms with Gasteiger partial charge in [0.25, 0.3) is 5.91 Å². The van der Waals surface area contributed by atoms with E-state index in [0.717, 1.165) is 6.42 Å². The zero-order valence-electron chi connectivity index (χ0n) is 11.7. The number of hydrogen-bond acceptors (Lipinski definition) is 4. The molecule has 2 rings (SSSR count). The molecule has 1 amide bonds. The van der Waals surface area contributed by atoms with E-state index in [4.69, 9.17) is 5.73 Å². The van der Waals surface area contributed by atoms with Crippen molar-refractivity contribution >= 4 is 18.3 Å². The Morgan fingerprint density at radius 1 is 1.45 bits per heavy atom. The minimum absolute atomic E-state index is 0. The number of nitrogens with two attached hydrogens (primary N) is 1. The number of aromatic nitrogens is 1. The molecule has 0 saturated carbocycles. The quantitative estimate of drug-likeness (QED) is 0.909. The molecular formula is C13H17ClF3N3O2. The molecule has 5 nitrogen and oxygen atoms in total. The van der Waals surface area contributed by atoms with Gasteiger partial charge in [-0.15, -0.1) is 12.4 Å². The molecular weight excluding hydrogens is 323 g/mol. The van der Waals surface area contributed by atoms with E-state index in [1.807, 2.05) is 0 Å². The molecule has 1 atom stereocenters. The molecule has 124 valence electrons. The van der Waals surface area contributed by atoms with Crippen LogP contribution in [0.15, 0.2) is 18.3 Å². The average molecular weight is 340 g/mol. The maximum atomic E-state index is 12.2. The zero-order valence-corrected chi connectivity index (χ0v) is 12.5. The smallest absolute Gasteiger partial charge is 0.422 e. The van der Waals surface area contributed by atoms with E-state index in [0.29, 0.717) is 31.1 Å². The normalized spacial score (nSPS) is 18.0. The Bertz CT molecular complexity index is 496. The molecule has 1 unspecified atom stereocenters. The SMILES string of the molecule is Cl.NCC1CCN(C(=O)c2ccc(OCC(F)(F)F)nc2)C1. The molecule has 0 bridgehead atoms. The van der Waals surface area contributed by atoms with Gasteiger partial charge in [-0.3, -0.25) is 4.79 Å². The van der Waals surface area contributed by atoms with E-state index >= 15 is 0 Å². The summed E-state index contributed by atoms with van der Waals surface area (Å²) in [7, 11) is 0. The summed E-state index contributed by atoms with van der Waals surface area (Å²) < 4.78 is 40.5. The number of nitrogens with zero attached hydrogens (tertiary/aromatic N) is 2. The highest BCUT2D eigenvalue weighted by atomic mass is 35.5. The minimum Gasteiger partial charge on any atom is -0.468 e. The molecule has 22 heavy (non-hydrogen) atoms. The van der Waals surface area contributed by atoms with Crippen LogP contribution in [0, 0.1) is 5.92 Å². The molecule has 1 aliphatic heterocycles. The van der Waals surface area contributed by atoms with Gasteiger partial charge >= 0.3 is 6.18 Å². The summed E-state index contributed by atoms with van der Waals surface area (Å²) in [6, 6.07) is 2.67. The van der Waals surface area contributed by atoms with Gasteiger partial charge in [0.15, 0.2) is 6.61 Å². The van der Waals surface area contributed by atoms with Crippen molar-refractivity contribution in [1.29, 1.82) is 0 Å². The van der Waals surface area contributed by atoms with Crippen molar-refractivity contribution in [2.24, 2.45) is 11.7 Å². The Hall–Kier alpha value is -1.54. The van der Waals surface area contributed by atoms with Gasteiger partial charge in [-0.05, 0) is 24.9 Å². The Labute approximate surface area is 132 Å². The van der Waals surface area contributed by atoms with E-state index in [9.17, 15) is 18.0 Å². The van der Waals surface area contributed by atoms with Crippen molar-refractivity contribution in [3.8, 4) is 5.88 Å². The van der Waals surface area contributed by atoms with Crippen LogP contribution in [0.2, 0.25) is 0 Å². The summed E-state index contributed by atoms with van der Waals surface area (Å²) in [6.07, 6.45) is -2.32. The van der Waals surface area contributed by atoms with Crippen LogP contribution in [-0.2, 0) is 0 Å². The van der Waals surface area contributed by atoms with Crippen molar-refractivity contribution in [3.63, 3.8) is 0 Å². The Morgan fingerprint density at radius 2 is 2.18 bits per heavy atom. The lowest BCUT2D eigenvalue weighted by atomic mass is 10.1. The number of likely N-dealkylation sites (tertiary alicyclic amines) is 1. The summed E-state index contributed by atoms with van der Waals surface area (Å²) in [5, 5.41) is 0. The molecule has 0 aromatic carbocycles. The number of amides is 1. The third kappa shape index (κ3) is 5.03. The van der Waals surface area contributed by atoms with Gasteiger partial charge < -0.3 is 15.4 Å². The summed E-state index contributed by atoms with van der Waals surface area (Å²) in [5.74, 6) is -0.0535. The largest absolute Gasteiger partial charge is 0.468 e. The molecule has 1 aromatic rings. The van der Waals surface area contributed by atoms with Crippen molar-refractivity contribution < 1.29 is 22.7 Å². The van der Waals surface area contributed by atoms with Crippen molar-refractivity contribution in [2.75, 3.05) is 26.2 Å². The topological polar surface area (TPSA) is 68.5 Å². The van der Waals surface area contributed by atoms with Crippen molar-refractivity contribution in [3.05, 3.63) is 23.9 Å². The minimum atomic E-state index is -4.41. The van der Waals surface area contributed by atoms with Crippen LogP contribution in [0.5, 0.6) is 5.88 Å². The van der Waals surface area contributed by atoms with E-state index < -0.39 is 12.8 Å². The number of halogens is 4. The van der Waals surface area contributed by atoms with Crippen LogP contribution in [0.1, 0.15) is 16.8 Å². The van der Waals surface area contributed by atoms with Gasteiger partial charge in [0, 0.05) is 25.4 Å². The maximum Gasteiger partial charge on any atom is 0.422 e. The Morgan fingerprint density at radius 3 is 2.68 bits per heavy atom. The van der Waals surface area contributed by atoms with Crippen molar-refractivity contribution in [2.45, 2.75) is 12.6 Å². The second kappa shape index (κ2) is 7.64. The first-order chi connectivity index (χ1) is 9.89. The van der Waals surface area contributed by atoms with Crippen LogP contribution >= 0.6 is 12.4 Å². The number of alkyl halides is 3. The molecule has 1 aromatic heterocycles. The van der Waals surface area contributed by atoms with Gasteiger partial charge in [0.1, 0.15) is 0 Å². The highest BCUT2D eigenvalue weighted by Crippen LogP contribution is 2.19. The number of hydrogen-bond donors (Lipinski definition) is 1. The highest BCUT2D eigenvalue weighted by molar-refractivity contribution is 5.94. The first kappa shape index (κ1) is 18.5. The molecule has 0 aliphatic carbocycles. The third-order valence-electron chi connectivity index (χ3n) is 3.27. The van der Waals surface area contributed by atoms with Gasteiger partial charge in [-0.2, -0.15) is 13.2 Å². The molecule has 2 N–H and O–H groups in total. The summed E-state index contributed by atoms with van der Waals surface area (Å²) in [6.45, 7) is 0.360. The van der Waals surface area contributed by atoms with Crippen LogP contribution < -0.4 is 10.5 Å². The maximum absolute atomic E-state index is 12.2. The lowest BCUT2D eigenvalue weighted by Crippen LogP contribution is -2.30. The number of rotatable bonds is 4. The highest BCUT2D eigenvalue weighted by Gasteiger charge is 2.29. The average Bonchev–Trinajstić information content (AvgIpc) is 2.93. The molecule has 1 saturated heterocycles. The molecule has 0 spiro atoms. The lowest BCUT2D eigenvalue weighted by Gasteiger charge is -2.16. The van der Waals surface area contributed by atoms with Gasteiger partial charge in [0.2, 0.25) is 5.88 Å². The van der Waals surface area contributed by atoms with Crippen molar-refractivity contribution in [1.82, 2.24) is 9.88 Å². The Kier molecular flexibility index (Phi) is 6.43. The standard InChI is InChI=1S/C13H16F3N3O2.ClH/c14-13(15,16)8-21-11-2-1-10(6-18-11)12(20)19-4-3-9(5-17)7-19;/h1-2,6,9H,3-5,7-8,17H2;1H. The van der Waals surface area contributed by atoms with Crippen LogP contribution in [-0.4, -0.2) is 48.2 Å². The van der Waals surface area contributed by atoms with Gasteiger partial charge in [-0.1, -0.05) is 0 Å². The summed E-state index contributed by atoms with van der Waals surface area (Å²) in [4.78, 5) is 17.6. The van der Waals surface area contributed by atoms with E-state index in [1.165, 1.54) is 18.3 Å². The fourth-order valence-corrected chi connectivity index (χ4v) is 2.14. The van der Waals surface area contributed by atoms with Gasteiger partial charge in [0.05, 0.1) is 5.56 Å². The van der Waals surface area contributed by atoms with Crippen LogP contribution in [0.4, 0.5) is 13.2 Å². The second-order valence-electron chi connectivity index (χ2n) is 4.93. The predicted molar refractivity (Wildman–Crippen MR) is 76.1 cm³/mol. The predicted octanol–water partition coefficient (Wildman–Crippen LogP) is 1.87. The zero-order chi connectivity index (χ0) is 15.5. The van der Waals surface area contributed by atoms with E-state index in [-0.39, 0.29) is 24.2 Å². The lowest BCUT2D eigenvalue weighted by molar-refractivity contribution is -0.154. The second-order valence-corrected chi connectivity index (χ2v) is 4.93. The fourth-order valence-electron chi connectivity index (χ4n) is 2.14. The first-order valence-electron chi connectivity index (χ1n) is 6.54. The Balaban J connectivity index is 0.00000242. The van der Waals surface area contributed by atoms with Crippen LogP contribution in [0.3, 0.4) is 0 Å². The number of ether oxygens (including phenoxy) is 1.